The van der Waals surface area contributed by atoms with Crippen LogP contribution >= 0.6 is 15.9 Å². The molecule has 1 fully saturated rings. The summed E-state index contributed by atoms with van der Waals surface area (Å²) in [5.41, 5.74) is 6.76. The van der Waals surface area contributed by atoms with Gasteiger partial charge in [0.15, 0.2) is 5.69 Å². The van der Waals surface area contributed by atoms with Gasteiger partial charge in [-0.05, 0) is 43.9 Å². The van der Waals surface area contributed by atoms with E-state index in [1.165, 1.54) is 0 Å². The second-order valence-electron chi connectivity index (χ2n) is 5.61. The number of aromatic nitrogens is 2. The molecule has 1 aromatic heterocycles. The fraction of sp³-hybridized carbons (Fsp3) is 0.429. The van der Waals surface area contributed by atoms with E-state index in [-0.39, 0.29) is 11.4 Å². The van der Waals surface area contributed by atoms with E-state index < -0.39 is 0 Å². The van der Waals surface area contributed by atoms with Crippen LogP contribution in [0.25, 0.3) is 10.9 Å². The summed E-state index contributed by atoms with van der Waals surface area (Å²) in [5, 5.41) is 10.9. The van der Waals surface area contributed by atoms with Gasteiger partial charge in [0.25, 0.3) is 5.91 Å². The molecule has 0 radical (unpaired) electrons. The van der Waals surface area contributed by atoms with Crippen molar-refractivity contribution in [2.45, 2.75) is 25.3 Å². The second-order valence-corrected chi connectivity index (χ2v) is 6.53. The summed E-state index contributed by atoms with van der Waals surface area (Å²) >= 11 is 3.42. The van der Waals surface area contributed by atoms with Gasteiger partial charge < -0.3 is 11.1 Å². The summed E-state index contributed by atoms with van der Waals surface area (Å²) in [6.07, 6.45) is 2.25. The lowest BCUT2D eigenvalue weighted by atomic mass is 9.95. The number of hydrogen-bond acceptors (Lipinski definition) is 3. The Morgan fingerprint density at radius 3 is 3.00 bits per heavy atom. The van der Waals surface area contributed by atoms with Gasteiger partial charge in [0.05, 0.1) is 11.1 Å². The number of nitrogens with one attached hydrogen (secondary N) is 2. The van der Waals surface area contributed by atoms with Crippen LogP contribution in [0.1, 0.15) is 30.3 Å². The second kappa shape index (κ2) is 4.86. The maximum absolute atomic E-state index is 12.5. The third-order valence-electron chi connectivity index (χ3n) is 4.04. The van der Waals surface area contributed by atoms with Crippen molar-refractivity contribution < 1.29 is 4.79 Å². The molecule has 1 aromatic carbocycles. The molecule has 0 saturated heterocycles. The van der Waals surface area contributed by atoms with Gasteiger partial charge in [-0.25, -0.2) is 0 Å². The summed E-state index contributed by atoms with van der Waals surface area (Å²) in [6.45, 7) is 2.45. The Morgan fingerprint density at radius 1 is 1.60 bits per heavy atom. The number of halogens is 1. The largest absolute Gasteiger partial charge is 0.344 e. The molecule has 6 heteroatoms. The highest BCUT2D eigenvalue weighted by Gasteiger charge is 2.42. The number of benzene rings is 1. The lowest BCUT2D eigenvalue weighted by Gasteiger charge is -2.29. The first-order valence-electron chi connectivity index (χ1n) is 6.70. The predicted molar refractivity (Wildman–Crippen MR) is 81.4 cm³/mol. The van der Waals surface area contributed by atoms with Crippen molar-refractivity contribution in [3.05, 3.63) is 28.4 Å². The van der Waals surface area contributed by atoms with Crippen LogP contribution in [0.3, 0.4) is 0 Å². The zero-order chi connectivity index (χ0) is 14.3. The van der Waals surface area contributed by atoms with E-state index in [1.54, 1.807) is 0 Å². The van der Waals surface area contributed by atoms with E-state index in [0.29, 0.717) is 18.2 Å². The minimum absolute atomic E-state index is 0.172. The summed E-state index contributed by atoms with van der Waals surface area (Å²) < 4.78 is 0.921. The van der Waals surface area contributed by atoms with E-state index in [4.69, 9.17) is 5.73 Å². The Hall–Kier alpha value is -1.40. The topological polar surface area (TPSA) is 83.8 Å². The number of nitrogens with zero attached hydrogens (tertiary/aromatic N) is 1. The Labute approximate surface area is 125 Å². The van der Waals surface area contributed by atoms with Crippen molar-refractivity contribution in [3.63, 3.8) is 0 Å². The molecule has 1 unspecified atom stereocenters. The zero-order valence-corrected chi connectivity index (χ0v) is 12.8. The van der Waals surface area contributed by atoms with Crippen molar-refractivity contribution in [1.82, 2.24) is 15.5 Å². The van der Waals surface area contributed by atoms with Crippen LogP contribution in [0.15, 0.2) is 22.7 Å². The number of carbonyl (C=O) groups is 1. The maximum atomic E-state index is 12.5. The van der Waals surface area contributed by atoms with E-state index >= 15 is 0 Å². The standard InChI is InChI=1S/C14H17BrN4O/c1-14(7-16,8-2-3-8)17-13(20)12-10-6-9(15)4-5-11(10)18-19-12/h4-6,8H,2-3,7,16H2,1H3,(H,17,20)(H,18,19). The van der Waals surface area contributed by atoms with Crippen LogP contribution in [0, 0.1) is 5.92 Å². The number of carbonyl (C=O) groups excluding carboxylic acids is 1. The van der Waals surface area contributed by atoms with Crippen LogP contribution < -0.4 is 11.1 Å². The molecule has 20 heavy (non-hydrogen) atoms. The van der Waals surface area contributed by atoms with Gasteiger partial charge in [-0.1, -0.05) is 15.9 Å². The Bertz CT molecular complexity index is 664. The van der Waals surface area contributed by atoms with E-state index in [0.717, 1.165) is 28.2 Å². The number of aromatic amines is 1. The molecule has 0 aliphatic heterocycles. The van der Waals surface area contributed by atoms with Crippen LogP contribution in [-0.4, -0.2) is 28.2 Å². The van der Waals surface area contributed by atoms with Gasteiger partial charge in [0, 0.05) is 16.4 Å². The molecule has 2 aromatic rings. The Morgan fingerprint density at radius 2 is 2.35 bits per heavy atom. The number of nitrogens with two attached hydrogens (primary N) is 1. The van der Waals surface area contributed by atoms with Crippen molar-refractivity contribution in [3.8, 4) is 0 Å². The molecular formula is C14H17BrN4O. The molecule has 106 valence electrons. The quantitative estimate of drug-likeness (QED) is 0.800. The molecule has 1 amide bonds. The van der Waals surface area contributed by atoms with E-state index in [9.17, 15) is 4.79 Å². The smallest absolute Gasteiger partial charge is 0.272 e. The minimum Gasteiger partial charge on any atom is -0.344 e. The molecule has 1 aliphatic rings. The molecule has 1 atom stereocenters. The first-order valence-corrected chi connectivity index (χ1v) is 7.49. The number of fused-ring (bicyclic) bond motifs is 1. The van der Waals surface area contributed by atoms with Crippen LogP contribution in [0.4, 0.5) is 0 Å². The van der Waals surface area contributed by atoms with Crippen molar-refractivity contribution >= 4 is 32.7 Å². The summed E-state index contributed by atoms with van der Waals surface area (Å²) in [6, 6.07) is 5.70. The predicted octanol–water partition coefficient (Wildman–Crippen LogP) is 2.18. The monoisotopic (exact) mass is 336 g/mol. The van der Waals surface area contributed by atoms with Gasteiger partial charge >= 0.3 is 0 Å². The fourth-order valence-electron chi connectivity index (χ4n) is 2.52. The third-order valence-corrected chi connectivity index (χ3v) is 4.53. The highest BCUT2D eigenvalue weighted by atomic mass is 79.9. The van der Waals surface area contributed by atoms with Crippen LogP contribution in [0.5, 0.6) is 0 Å². The van der Waals surface area contributed by atoms with Crippen LogP contribution in [-0.2, 0) is 0 Å². The molecule has 3 rings (SSSR count). The molecule has 5 nitrogen and oxygen atoms in total. The Kier molecular flexibility index (Phi) is 3.30. The zero-order valence-electron chi connectivity index (χ0n) is 11.2. The van der Waals surface area contributed by atoms with Crippen molar-refractivity contribution in [2.24, 2.45) is 11.7 Å². The summed E-state index contributed by atoms with van der Waals surface area (Å²) in [7, 11) is 0. The summed E-state index contributed by atoms with van der Waals surface area (Å²) in [4.78, 5) is 12.5. The molecule has 1 aliphatic carbocycles. The molecule has 4 N–H and O–H groups in total. The number of amides is 1. The average Bonchev–Trinajstić information content (AvgIpc) is 3.20. The van der Waals surface area contributed by atoms with Gasteiger partial charge in [-0.15, -0.1) is 0 Å². The SMILES string of the molecule is CC(CN)(NC(=O)c1n[nH]c2ccc(Br)cc12)C1CC1. The molecule has 0 bridgehead atoms. The third kappa shape index (κ3) is 2.33. The minimum atomic E-state index is -0.339. The van der Waals surface area contributed by atoms with Gasteiger partial charge in [0.1, 0.15) is 0 Å². The number of H-pyrrole nitrogens is 1. The van der Waals surface area contributed by atoms with E-state index in [1.807, 2.05) is 25.1 Å². The van der Waals surface area contributed by atoms with Crippen molar-refractivity contribution in [1.29, 1.82) is 0 Å². The molecule has 1 heterocycles. The number of hydrogen-bond donors (Lipinski definition) is 3. The first-order chi connectivity index (χ1) is 9.53. The average molecular weight is 337 g/mol. The van der Waals surface area contributed by atoms with E-state index in [2.05, 4.69) is 31.4 Å². The van der Waals surface area contributed by atoms with Crippen LogP contribution in [0.2, 0.25) is 0 Å². The van der Waals surface area contributed by atoms with Crippen molar-refractivity contribution in [2.75, 3.05) is 6.54 Å². The fourth-order valence-corrected chi connectivity index (χ4v) is 2.88. The highest BCUT2D eigenvalue weighted by molar-refractivity contribution is 9.10. The lowest BCUT2D eigenvalue weighted by Crippen LogP contribution is -2.53. The molecule has 0 spiro atoms. The number of rotatable bonds is 4. The normalized spacial score (nSPS) is 17.9. The van der Waals surface area contributed by atoms with Gasteiger partial charge in [-0.2, -0.15) is 5.10 Å². The van der Waals surface area contributed by atoms with Gasteiger partial charge in [-0.3, -0.25) is 9.89 Å². The van der Waals surface area contributed by atoms with Gasteiger partial charge in [0.2, 0.25) is 0 Å². The lowest BCUT2D eigenvalue weighted by molar-refractivity contribution is 0.0894. The molecule has 1 saturated carbocycles. The Balaban J connectivity index is 1.90. The maximum Gasteiger partial charge on any atom is 0.272 e. The molecular weight excluding hydrogens is 320 g/mol. The summed E-state index contributed by atoms with van der Waals surface area (Å²) in [5.74, 6) is 0.308. The first kappa shape index (κ1) is 13.6. The highest BCUT2D eigenvalue weighted by Crippen LogP contribution is 2.39.